The molecule has 9 rings (SSSR count). The van der Waals surface area contributed by atoms with Crippen LogP contribution in [0.5, 0.6) is 0 Å². The number of hydrogen-bond donors (Lipinski definition) is 1. The van der Waals surface area contributed by atoms with Gasteiger partial charge in [0.05, 0.1) is 16.5 Å². The Kier molecular flexibility index (Phi) is 5.54. The quantitative estimate of drug-likeness (QED) is 0.224. The largest absolute Gasteiger partial charge is 0.456 e. The zero-order valence-corrected chi connectivity index (χ0v) is 26.1. The van der Waals surface area contributed by atoms with Gasteiger partial charge >= 0.3 is 0 Å². The van der Waals surface area contributed by atoms with Crippen LogP contribution in [0.3, 0.4) is 0 Å². The average molecular weight is 582 g/mol. The first kappa shape index (κ1) is 26.3. The van der Waals surface area contributed by atoms with Gasteiger partial charge in [0.2, 0.25) is 0 Å². The average Bonchev–Trinajstić information content (AvgIpc) is 3.68. The molecule has 2 heteroatoms. The molecular formula is C43H35NO. The summed E-state index contributed by atoms with van der Waals surface area (Å²) in [7, 11) is 0. The van der Waals surface area contributed by atoms with Crippen LogP contribution in [0.2, 0.25) is 0 Å². The van der Waals surface area contributed by atoms with Crippen LogP contribution in [0.1, 0.15) is 72.9 Å². The first-order valence-electron chi connectivity index (χ1n) is 16.2. The molecule has 0 saturated heterocycles. The highest BCUT2D eigenvalue weighted by atomic mass is 16.3. The first-order valence-corrected chi connectivity index (χ1v) is 16.2. The van der Waals surface area contributed by atoms with Crippen molar-refractivity contribution in [3.05, 3.63) is 155 Å². The van der Waals surface area contributed by atoms with Gasteiger partial charge in [-0.15, -0.1) is 0 Å². The number of nitrogens with one attached hydrogen (secondary N) is 1. The van der Waals surface area contributed by atoms with Gasteiger partial charge in [-0.1, -0.05) is 119 Å². The van der Waals surface area contributed by atoms with Gasteiger partial charge in [-0.2, -0.15) is 0 Å². The van der Waals surface area contributed by atoms with E-state index in [-0.39, 0.29) is 0 Å². The van der Waals surface area contributed by atoms with Gasteiger partial charge in [0.1, 0.15) is 11.2 Å². The SMILES string of the molecule is CC(C)c1ccc2c(c1)C1(c3ccccc3-c3ccc(Nc4cccc5oc6ccccc6c45)cc31)c1cc(C(C)C)ccc1-2. The van der Waals surface area contributed by atoms with E-state index in [2.05, 4.69) is 142 Å². The summed E-state index contributed by atoms with van der Waals surface area (Å²) in [4.78, 5) is 0. The van der Waals surface area contributed by atoms with Crippen molar-refractivity contribution in [1.82, 2.24) is 0 Å². The summed E-state index contributed by atoms with van der Waals surface area (Å²) in [6, 6.07) is 45.1. The minimum absolute atomic E-state index is 0.390. The number of benzene rings is 6. The zero-order valence-electron chi connectivity index (χ0n) is 26.1. The third kappa shape index (κ3) is 3.57. The molecule has 6 aromatic carbocycles. The summed E-state index contributed by atoms with van der Waals surface area (Å²) in [5.74, 6) is 0.883. The predicted octanol–water partition coefficient (Wildman–Crippen LogP) is 11.9. The number of hydrogen-bond acceptors (Lipinski definition) is 2. The lowest BCUT2D eigenvalue weighted by Crippen LogP contribution is -2.26. The van der Waals surface area contributed by atoms with Crippen LogP contribution in [-0.2, 0) is 5.41 Å². The lowest BCUT2D eigenvalue weighted by atomic mass is 9.69. The highest BCUT2D eigenvalue weighted by Crippen LogP contribution is 2.63. The van der Waals surface area contributed by atoms with Crippen LogP contribution >= 0.6 is 0 Å². The minimum Gasteiger partial charge on any atom is -0.456 e. The Morgan fingerprint density at radius 1 is 0.511 bits per heavy atom. The summed E-state index contributed by atoms with van der Waals surface area (Å²) in [6.07, 6.45) is 0. The maximum atomic E-state index is 6.22. The maximum Gasteiger partial charge on any atom is 0.137 e. The fourth-order valence-electron chi connectivity index (χ4n) is 8.05. The zero-order chi connectivity index (χ0) is 30.4. The fraction of sp³-hybridized carbons (Fsp3) is 0.163. The summed E-state index contributed by atoms with van der Waals surface area (Å²) < 4.78 is 6.22. The van der Waals surface area contributed by atoms with Gasteiger partial charge in [-0.25, -0.2) is 0 Å². The molecule has 45 heavy (non-hydrogen) atoms. The molecule has 1 heterocycles. The van der Waals surface area contributed by atoms with Crippen molar-refractivity contribution in [3.63, 3.8) is 0 Å². The van der Waals surface area contributed by atoms with E-state index in [1.807, 2.05) is 12.1 Å². The van der Waals surface area contributed by atoms with Crippen LogP contribution in [0.15, 0.2) is 126 Å². The molecule has 0 fully saturated rings. The third-order valence-corrected chi connectivity index (χ3v) is 10.2. The van der Waals surface area contributed by atoms with Gasteiger partial charge in [-0.05, 0) is 97.8 Å². The number of rotatable bonds is 4. The second-order valence-electron chi connectivity index (χ2n) is 13.4. The molecule has 1 aromatic heterocycles. The fourth-order valence-corrected chi connectivity index (χ4v) is 8.05. The highest BCUT2D eigenvalue weighted by molar-refractivity contribution is 6.12. The van der Waals surface area contributed by atoms with E-state index in [0.29, 0.717) is 11.8 Å². The van der Waals surface area contributed by atoms with Crippen LogP contribution in [-0.4, -0.2) is 0 Å². The normalized spacial score (nSPS) is 13.9. The van der Waals surface area contributed by atoms with Gasteiger partial charge in [0, 0.05) is 11.1 Å². The summed E-state index contributed by atoms with van der Waals surface area (Å²) >= 11 is 0. The molecule has 218 valence electrons. The van der Waals surface area contributed by atoms with E-state index in [9.17, 15) is 0 Å². The Balaban J connectivity index is 1.32. The molecule has 0 aliphatic heterocycles. The van der Waals surface area contributed by atoms with Crippen molar-refractivity contribution in [2.24, 2.45) is 0 Å². The number of para-hydroxylation sites is 1. The van der Waals surface area contributed by atoms with E-state index in [1.165, 1.54) is 55.6 Å². The van der Waals surface area contributed by atoms with Crippen molar-refractivity contribution in [2.75, 3.05) is 5.32 Å². The molecule has 2 nitrogen and oxygen atoms in total. The van der Waals surface area contributed by atoms with Gasteiger partial charge in [0.15, 0.2) is 0 Å². The standard InChI is InChI=1S/C43H35NO/c1-25(2)27-16-19-31-32-20-17-28(26(3)4)23-37(32)43(36(31)22-27)35-12-7-5-10-30(35)33-21-18-29(24-38(33)43)44-39-13-9-15-41-42(39)34-11-6-8-14-40(34)45-41/h5-26,44H,1-4H3. The summed E-state index contributed by atoms with van der Waals surface area (Å²) in [5, 5.41) is 6.08. The molecule has 0 bridgehead atoms. The second-order valence-corrected chi connectivity index (χ2v) is 13.4. The first-order chi connectivity index (χ1) is 21.9. The van der Waals surface area contributed by atoms with E-state index in [4.69, 9.17) is 4.42 Å². The number of furan rings is 1. The van der Waals surface area contributed by atoms with Gasteiger partial charge < -0.3 is 9.73 Å². The monoisotopic (exact) mass is 581 g/mol. The van der Waals surface area contributed by atoms with Crippen LogP contribution < -0.4 is 5.32 Å². The number of anilines is 2. The van der Waals surface area contributed by atoms with E-state index in [1.54, 1.807) is 0 Å². The van der Waals surface area contributed by atoms with Crippen molar-refractivity contribution in [2.45, 2.75) is 44.9 Å². The van der Waals surface area contributed by atoms with Crippen molar-refractivity contribution in [3.8, 4) is 22.3 Å². The lowest BCUT2D eigenvalue weighted by molar-refractivity contribution is 0.669. The van der Waals surface area contributed by atoms with Crippen molar-refractivity contribution >= 4 is 33.3 Å². The van der Waals surface area contributed by atoms with E-state index in [0.717, 1.165) is 33.3 Å². The topological polar surface area (TPSA) is 25.2 Å². The van der Waals surface area contributed by atoms with Gasteiger partial charge in [-0.3, -0.25) is 0 Å². The van der Waals surface area contributed by atoms with Crippen molar-refractivity contribution < 1.29 is 4.42 Å². The third-order valence-electron chi connectivity index (χ3n) is 10.2. The van der Waals surface area contributed by atoms with Crippen LogP contribution in [0.25, 0.3) is 44.2 Å². The molecule has 1 N–H and O–H groups in total. The van der Waals surface area contributed by atoms with Crippen molar-refractivity contribution in [1.29, 1.82) is 0 Å². The molecule has 0 amide bonds. The summed E-state index contributed by atoms with van der Waals surface area (Å²) in [6.45, 7) is 9.19. The van der Waals surface area contributed by atoms with Gasteiger partial charge in [0.25, 0.3) is 0 Å². The lowest BCUT2D eigenvalue weighted by Gasteiger charge is -2.31. The Hall–Kier alpha value is -5.08. The van der Waals surface area contributed by atoms with E-state index >= 15 is 0 Å². The van der Waals surface area contributed by atoms with Crippen LogP contribution in [0.4, 0.5) is 11.4 Å². The maximum absolute atomic E-state index is 6.22. The molecule has 7 aromatic rings. The molecule has 0 atom stereocenters. The molecule has 0 unspecified atom stereocenters. The molecule has 2 aliphatic carbocycles. The minimum atomic E-state index is -0.390. The van der Waals surface area contributed by atoms with E-state index < -0.39 is 5.41 Å². The predicted molar refractivity (Wildman–Crippen MR) is 188 cm³/mol. The molecule has 2 aliphatic rings. The molecule has 1 spiro atoms. The summed E-state index contributed by atoms with van der Waals surface area (Å²) in [5.41, 5.74) is 17.2. The molecule has 0 radical (unpaired) electrons. The second kappa shape index (κ2) is 9.46. The smallest absolute Gasteiger partial charge is 0.137 e. The van der Waals surface area contributed by atoms with Crippen LogP contribution in [0, 0.1) is 0 Å². The number of fused-ring (bicyclic) bond motifs is 13. The Morgan fingerprint density at radius 3 is 1.80 bits per heavy atom. The Morgan fingerprint density at radius 2 is 1.09 bits per heavy atom. The Labute approximate surface area is 264 Å². The Bertz CT molecular complexity index is 2260. The molecular weight excluding hydrogens is 546 g/mol. The molecule has 0 saturated carbocycles. The highest BCUT2D eigenvalue weighted by Gasteiger charge is 2.52.